The van der Waals surface area contributed by atoms with Crippen LogP contribution in [0.3, 0.4) is 0 Å². The average Bonchev–Trinajstić information content (AvgIpc) is 3.21. The summed E-state index contributed by atoms with van der Waals surface area (Å²) in [6.45, 7) is 4.11. The van der Waals surface area contributed by atoms with Crippen LogP contribution in [0.1, 0.15) is 22.2 Å². The van der Waals surface area contributed by atoms with E-state index in [9.17, 15) is 19.2 Å². The molecular weight excluding hydrogens is 390 g/mol. The molecule has 0 atom stereocenters. The van der Waals surface area contributed by atoms with Crippen LogP contribution in [0.2, 0.25) is 0 Å². The second kappa shape index (κ2) is 9.00. The quantitative estimate of drug-likeness (QED) is 0.492. The number of hydrogen-bond donors (Lipinski definition) is 0. The number of benzene rings is 1. The van der Waals surface area contributed by atoms with Crippen molar-refractivity contribution in [1.82, 2.24) is 14.7 Å². The van der Waals surface area contributed by atoms with Gasteiger partial charge in [0.05, 0.1) is 6.54 Å². The van der Waals surface area contributed by atoms with E-state index in [-0.39, 0.29) is 12.5 Å². The first-order valence-corrected chi connectivity index (χ1v) is 10.3. The third-order valence-electron chi connectivity index (χ3n) is 4.75. The molecule has 152 valence electrons. The van der Waals surface area contributed by atoms with E-state index in [1.807, 2.05) is 49.4 Å². The van der Waals surface area contributed by atoms with E-state index in [1.165, 1.54) is 0 Å². The summed E-state index contributed by atoms with van der Waals surface area (Å²) in [7, 11) is 0. The Morgan fingerprint density at radius 2 is 1.69 bits per heavy atom. The maximum absolute atomic E-state index is 13.0. The van der Waals surface area contributed by atoms with Gasteiger partial charge in [-0.05, 0) is 38.0 Å². The van der Waals surface area contributed by atoms with Crippen LogP contribution in [0.5, 0.6) is 0 Å². The van der Waals surface area contributed by atoms with Gasteiger partial charge in [0.15, 0.2) is 0 Å². The van der Waals surface area contributed by atoms with Crippen LogP contribution in [0.25, 0.3) is 0 Å². The van der Waals surface area contributed by atoms with Crippen molar-refractivity contribution < 1.29 is 19.2 Å². The molecule has 1 aromatic carbocycles. The summed E-state index contributed by atoms with van der Waals surface area (Å²) in [6, 6.07) is 13.0. The van der Waals surface area contributed by atoms with Gasteiger partial charge in [-0.15, -0.1) is 11.3 Å². The van der Waals surface area contributed by atoms with Gasteiger partial charge in [0.2, 0.25) is 5.91 Å². The molecule has 1 aliphatic heterocycles. The molecule has 2 heterocycles. The highest BCUT2D eigenvalue weighted by molar-refractivity contribution is 7.11. The number of nitrogens with zero attached hydrogens (tertiary/aromatic N) is 3. The molecule has 0 unspecified atom stereocenters. The smallest absolute Gasteiger partial charge is 0.334 e. The summed E-state index contributed by atoms with van der Waals surface area (Å²) >= 11 is 1.60. The Labute approximate surface area is 173 Å². The highest BCUT2D eigenvalue weighted by Gasteiger charge is 2.44. The third kappa shape index (κ3) is 4.71. The zero-order valence-corrected chi connectivity index (χ0v) is 17.3. The van der Waals surface area contributed by atoms with Crippen LogP contribution in [0.4, 0.5) is 4.79 Å². The van der Waals surface area contributed by atoms with Gasteiger partial charge >= 0.3 is 17.8 Å². The summed E-state index contributed by atoms with van der Waals surface area (Å²) in [6.07, 6.45) is 0.652. The molecule has 1 aliphatic rings. The van der Waals surface area contributed by atoms with Crippen molar-refractivity contribution in [2.24, 2.45) is 0 Å². The number of urea groups is 1. The Hall–Kier alpha value is -3.00. The SMILES string of the molecule is CCN1C(=O)C(=O)N(CC(=O)N(CCc2ccccc2)Cc2ccc(C)s2)C1=O. The van der Waals surface area contributed by atoms with Crippen molar-refractivity contribution in [3.05, 3.63) is 57.8 Å². The van der Waals surface area contributed by atoms with Crippen LogP contribution in [0.15, 0.2) is 42.5 Å². The van der Waals surface area contributed by atoms with Crippen molar-refractivity contribution >= 4 is 35.1 Å². The Morgan fingerprint density at radius 3 is 2.28 bits per heavy atom. The average molecular weight is 413 g/mol. The van der Waals surface area contributed by atoms with Crippen LogP contribution in [-0.4, -0.2) is 58.1 Å². The lowest BCUT2D eigenvalue weighted by molar-refractivity contribution is -0.145. The standard InChI is InChI=1S/C21H23N3O4S/c1-3-23-19(26)20(27)24(21(23)28)14-18(25)22(13-17-10-9-15(2)29-17)12-11-16-7-5-4-6-8-16/h4-10H,3,11-14H2,1-2H3. The van der Waals surface area contributed by atoms with Gasteiger partial charge in [0.1, 0.15) is 6.54 Å². The molecule has 0 spiro atoms. The highest BCUT2D eigenvalue weighted by atomic mass is 32.1. The lowest BCUT2D eigenvalue weighted by Gasteiger charge is -2.24. The number of rotatable bonds is 8. The Bertz CT molecular complexity index is 925. The van der Waals surface area contributed by atoms with Gasteiger partial charge in [0, 0.05) is 22.8 Å². The zero-order chi connectivity index (χ0) is 21.0. The molecule has 7 nitrogen and oxygen atoms in total. The third-order valence-corrected chi connectivity index (χ3v) is 5.74. The fourth-order valence-corrected chi connectivity index (χ4v) is 4.07. The molecule has 1 fully saturated rings. The molecule has 0 saturated carbocycles. The predicted molar refractivity (Wildman–Crippen MR) is 109 cm³/mol. The Morgan fingerprint density at radius 1 is 1.00 bits per heavy atom. The van der Waals surface area contributed by atoms with E-state index in [4.69, 9.17) is 0 Å². The van der Waals surface area contributed by atoms with E-state index >= 15 is 0 Å². The molecule has 5 amide bonds. The predicted octanol–water partition coefficient (Wildman–Crippen LogP) is 2.44. The summed E-state index contributed by atoms with van der Waals surface area (Å²) in [5.74, 6) is -2.19. The number of carbonyl (C=O) groups is 4. The van der Waals surface area contributed by atoms with E-state index in [1.54, 1.807) is 23.2 Å². The van der Waals surface area contributed by atoms with E-state index in [0.717, 1.165) is 25.1 Å². The number of imide groups is 2. The summed E-state index contributed by atoms with van der Waals surface area (Å²) in [5.41, 5.74) is 1.09. The topological polar surface area (TPSA) is 78.0 Å². The molecule has 1 saturated heterocycles. The first-order chi connectivity index (χ1) is 13.9. The van der Waals surface area contributed by atoms with E-state index in [2.05, 4.69) is 0 Å². The van der Waals surface area contributed by atoms with Crippen molar-refractivity contribution in [2.75, 3.05) is 19.6 Å². The number of likely N-dealkylation sites (N-methyl/N-ethyl adjacent to an activating group) is 1. The number of thiophene rings is 1. The van der Waals surface area contributed by atoms with Crippen molar-refractivity contribution in [3.8, 4) is 0 Å². The molecule has 2 aromatic rings. The maximum Gasteiger partial charge on any atom is 0.334 e. The van der Waals surface area contributed by atoms with Gasteiger partial charge in [-0.2, -0.15) is 0 Å². The molecule has 8 heteroatoms. The normalized spacial score (nSPS) is 14.1. The molecule has 0 bridgehead atoms. The first-order valence-electron chi connectivity index (χ1n) is 9.45. The number of aryl methyl sites for hydroxylation is 1. The van der Waals surface area contributed by atoms with Crippen LogP contribution < -0.4 is 0 Å². The monoisotopic (exact) mass is 413 g/mol. The van der Waals surface area contributed by atoms with Crippen molar-refractivity contribution in [3.63, 3.8) is 0 Å². The molecule has 29 heavy (non-hydrogen) atoms. The van der Waals surface area contributed by atoms with Gasteiger partial charge in [0.25, 0.3) is 0 Å². The Balaban J connectivity index is 1.73. The van der Waals surface area contributed by atoms with Crippen molar-refractivity contribution in [2.45, 2.75) is 26.8 Å². The van der Waals surface area contributed by atoms with Crippen LogP contribution in [0, 0.1) is 6.92 Å². The fourth-order valence-electron chi connectivity index (χ4n) is 3.16. The maximum atomic E-state index is 13.0. The zero-order valence-electron chi connectivity index (χ0n) is 16.5. The van der Waals surface area contributed by atoms with Gasteiger partial charge in [-0.3, -0.25) is 19.3 Å². The lowest BCUT2D eigenvalue weighted by Crippen LogP contribution is -2.43. The minimum absolute atomic E-state index is 0.0975. The first kappa shape index (κ1) is 20.7. The van der Waals surface area contributed by atoms with Gasteiger partial charge in [-0.25, -0.2) is 9.69 Å². The summed E-state index contributed by atoms with van der Waals surface area (Å²) in [4.78, 5) is 54.7. The largest absolute Gasteiger partial charge is 0.336 e. The second-order valence-corrected chi connectivity index (χ2v) is 8.16. The van der Waals surface area contributed by atoms with Gasteiger partial charge in [-0.1, -0.05) is 30.3 Å². The molecular formula is C21H23N3O4S. The van der Waals surface area contributed by atoms with Crippen molar-refractivity contribution in [1.29, 1.82) is 0 Å². The molecule has 0 N–H and O–H groups in total. The second-order valence-electron chi connectivity index (χ2n) is 6.79. The summed E-state index contributed by atoms with van der Waals surface area (Å²) in [5, 5.41) is 0. The molecule has 0 radical (unpaired) electrons. The minimum atomic E-state index is -0.944. The lowest BCUT2D eigenvalue weighted by atomic mass is 10.1. The number of amides is 5. The van der Waals surface area contributed by atoms with Gasteiger partial charge < -0.3 is 4.90 Å². The Kier molecular flexibility index (Phi) is 6.43. The van der Waals surface area contributed by atoms with E-state index < -0.39 is 24.4 Å². The van der Waals surface area contributed by atoms with Crippen LogP contribution >= 0.6 is 11.3 Å². The summed E-state index contributed by atoms with van der Waals surface area (Å²) < 4.78 is 0. The molecule has 1 aromatic heterocycles. The van der Waals surface area contributed by atoms with E-state index in [0.29, 0.717) is 19.5 Å². The minimum Gasteiger partial charge on any atom is -0.336 e. The number of hydrogen-bond acceptors (Lipinski definition) is 5. The molecule has 3 rings (SSSR count). The highest BCUT2D eigenvalue weighted by Crippen LogP contribution is 2.19. The van der Waals surface area contributed by atoms with Crippen LogP contribution in [-0.2, 0) is 27.3 Å². The fraction of sp³-hybridized carbons (Fsp3) is 0.333. The number of carbonyl (C=O) groups excluding carboxylic acids is 4. The molecule has 0 aliphatic carbocycles.